The van der Waals surface area contributed by atoms with Crippen molar-refractivity contribution in [3.63, 3.8) is 0 Å². The van der Waals surface area contributed by atoms with Crippen molar-refractivity contribution < 1.29 is 9.13 Å². The SMILES string of the molecule is Cc1ccc(Nc2cc(C)n3c(=O)n(CCOc4ccccc4)nc3n2)cc1F. The maximum Gasteiger partial charge on any atom is 0.351 e. The molecular formula is C21H20FN5O2. The first kappa shape index (κ1) is 18.7. The number of aryl methyl sites for hydroxylation is 2. The standard InChI is InChI=1S/C21H20FN5O2/c1-14-8-9-16(13-18(14)22)23-19-12-15(2)27-20(24-19)25-26(21(27)28)10-11-29-17-6-4-3-5-7-17/h3-9,12-13H,10-11H2,1-2H3,(H,23,24,25). The maximum absolute atomic E-state index is 13.8. The van der Waals surface area contributed by atoms with Crippen molar-refractivity contribution in [3.8, 4) is 5.75 Å². The Labute approximate surface area is 166 Å². The molecular weight excluding hydrogens is 373 g/mol. The fourth-order valence-corrected chi connectivity index (χ4v) is 2.97. The van der Waals surface area contributed by atoms with E-state index in [1.807, 2.05) is 30.3 Å². The van der Waals surface area contributed by atoms with E-state index < -0.39 is 0 Å². The van der Waals surface area contributed by atoms with Gasteiger partial charge in [-0.3, -0.25) is 0 Å². The highest BCUT2D eigenvalue weighted by Gasteiger charge is 2.12. The fourth-order valence-electron chi connectivity index (χ4n) is 2.97. The Kier molecular flexibility index (Phi) is 4.99. The van der Waals surface area contributed by atoms with Gasteiger partial charge >= 0.3 is 5.69 Å². The Morgan fingerprint density at radius 3 is 2.66 bits per heavy atom. The highest BCUT2D eigenvalue weighted by Crippen LogP contribution is 2.19. The number of aromatic nitrogens is 4. The van der Waals surface area contributed by atoms with Gasteiger partial charge in [-0.25, -0.2) is 18.3 Å². The van der Waals surface area contributed by atoms with Crippen molar-refractivity contribution in [1.29, 1.82) is 0 Å². The van der Waals surface area contributed by atoms with E-state index in [2.05, 4.69) is 15.4 Å². The molecule has 29 heavy (non-hydrogen) atoms. The molecule has 7 nitrogen and oxygen atoms in total. The topological polar surface area (TPSA) is 73.5 Å². The van der Waals surface area contributed by atoms with E-state index in [1.54, 1.807) is 32.0 Å². The minimum atomic E-state index is -0.299. The number of halogens is 1. The van der Waals surface area contributed by atoms with Crippen LogP contribution in [-0.4, -0.2) is 25.8 Å². The average Bonchev–Trinajstić information content (AvgIpc) is 3.01. The van der Waals surface area contributed by atoms with Gasteiger partial charge in [-0.15, -0.1) is 5.10 Å². The molecule has 0 aliphatic carbocycles. The zero-order valence-electron chi connectivity index (χ0n) is 16.1. The Bertz CT molecular complexity index is 1220. The van der Waals surface area contributed by atoms with Crippen molar-refractivity contribution in [2.24, 2.45) is 0 Å². The van der Waals surface area contributed by atoms with Gasteiger partial charge in [-0.1, -0.05) is 24.3 Å². The Balaban J connectivity index is 1.55. The number of para-hydroxylation sites is 1. The van der Waals surface area contributed by atoms with Crippen LogP contribution in [0.3, 0.4) is 0 Å². The predicted octanol–water partition coefficient (Wildman–Crippen LogP) is 3.47. The largest absolute Gasteiger partial charge is 0.492 e. The Hall–Kier alpha value is -3.68. The minimum Gasteiger partial charge on any atom is -0.492 e. The van der Waals surface area contributed by atoms with Crippen LogP contribution in [0.15, 0.2) is 59.4 Å². The van der Waals surface area contributed by atoms with E-state index in [4.69, 9.17) is 4.74 Å². The number of hydrogen-bond donors (Lipinski definition) is 1. The van der Waals surface area contributed by atoms with E-state index >= 15 is 0 Å². The average molecular weight is 393 g/mol. The van der Waals surface area contributed by atoms with Crippen LogP contribution in [0.5, 0.6) is 5.75 Å². The molecule has 2 heterocycles. The summed E-state index contributed by atoms with van der Waals surface area (Å²) in [5, 5.41) is 7.36. The first-order chi connectivity index (χ1) is 14.0. The third-order valence-corrected chi connectivity index (χ3v) is 4.50. The van der Waals surface area contributed by atoms with Crippen molar-refractivity contribution in [2.75, 3.05) is 11.9 Å². The van der Waals surface area contributed by atoms with Gasteiger partial charge in [0.1, 0.15) is 24.0 Å². The molecule has 2 aromatic carbocycles. The van der Waals surface area contributed by atoms with E-state index in [9.17, 15) is 9.18 Å². The second kappa shape index (κ2) is 7.75. The van der Waals surface area contributed by atoms with Gasteiger partial charge in [-0.05, 0) is 43.7 Å². The highest BCUT2D eigenvalue weighted by atomic mass is 19.1. The van der Waals surface area contributed by atoms with Crippen LogP contribution in [0.4, 0.5) is 15.9 Å². The molecule has 8 heteroatoms. The van der Waals surface area contributed by atoms with Gasteiger partial charge < -0.3 is 10.1 Å². The smallest absolute Gasteiger partial charge is 0.351 e. The molecule has 0 amide bonds. The van der Waals surface area contributed by atoms with E-state index in [-0.39, 0.29) is 17.3 Å². The van der Waals surface area contributed by atoms with Crippen LogP contribution in [0.1, 0.15) is 11.3 Å². The number of ether oxygens (including phenoxy) is 1. The summed E-state index contributed by atoms with van der Waals surface area (Å²) in [5.41, 5.74) is 1.53. The molecule has 0 spiro atoms. The third-order valence-electron chi connectivity index (χ3n) is 4.50. The summed E-state index contributed by atoms with van der Waals surface area (Å²) in [4.78, 5) is 17.0. The first-order valence-electron chi connectivity index (χ1n) is 9.19. The summed E-state index contributed by atoms with van der Waals surface area (Å²) < 4.78 is 22.2. The monoisotopic (exact) mass is 393 g/mol. The highest BCUT2D eigenvalue weighted by molar-refractivity contribution is 5.58. The Morgan fingerprint density at radius 1 is 1.10 bits per heavy atom. The second-order valence-electron chi connectivity index (χ2n) is 6.67. The summed E-state index contributed by atoms with van der Waals surface area (Å²) in [6.07, 6.45) is 0. The minimum absolute atomic E-state index is 0.268. The van der Waals surface area contributed by atoms with E-state index in [1.165, 1.54) is 15.1 Å². The van der Waals surface area contributed by atoms with Crippen molar-refractivity contribution in [2.45, 2.75) is 20.4 Å². The number of rotatable bonds is 6. The molecule has 0 aliphatic rings. The lowest BCUT2D eigenvalue weighted by Crippen LogP contribution is -2.24. The predicted molar refractivity (Wildman–Crippen MR) is 108 cm³/mol. The first-order valence-corrected chi connectivity index (χ1v) is 9.19. The maximum atomic E-state index is 13.8. The number of nitrogens with zero attached hydrogens (tertiary/aromatic N) is 4. The van der Waals surface area contributed by atoms with Gasteiger partial charge in [0.25, 0.3) is 5.78 Å². The molecule has 4 rings (SSSR count). The van der Waals surface area contributed by atoms with Gasteiger partial charge in [0.15, 0.2) is 0 Å². The fraction of sp³-hybridized carbons (Fsp3) is 0.190. The van der Waals surface area contributed by atoms with Gasteiger partial charge in [0.05, 0.1) is 6.54 Å². The van der Waals surface area contributed by atoms with Crippen LogP contribution in [0, 0.1) is 19.7 Å². The van der Waals surface area contributed by atoms with Crippen LogP contribution in [-0.2, 0) is 6.54 Å². The van der Waals surface area contributed by atoms with Gasteiger partial charge in [0.2, 0.25) is 0 Å². The molecule has 148 valence electrons. The van der Waals surface area contributed by atoms with Crippen LogP contribution in [0.2, 0.25) is 0 Å². The van der Waals surface area contributed by atoms with Crippen LogP contribution < -0.4 is 15.7 Å². The molecule has 0 saturated carbocycles. The number of fused-ring (bicyclic) bond motifs is 1. The van der Waals surface area contributed by atoms with Gasteiger partial charge in [-0.2, -0.15) is 4.98 Å². The Morgan fingerprint density at radius 2 is 1.90 bits per heavy atom. The summed E-state index contributed by atoms with van der Waals surface area (Å²) in [6, 6.07) is 16.0. The third kappa shape index (κ3) is 3.96. The molecule has 0 saturated heterocycles. The summed E-state index contributed by atoms with van der Waals surface area (Å²) in [7, 11) is 0. The van der Waals surface area contributed by atoms with Crippen molar-refractivity contribution >= 4 is 17.3 Å². The molecule has 0 radical (unpaired) electrons. The van der Waals surface area contributed by atoms with Crippen molar-refractivity contribution in [3.05, 3.63) is 82.2 Å². The lowest BCUT2D eigenvalue weighted by Gasteiger charge is -2.08. The van der Waals surface area contributed by atoms with Crippen LogP contribution >= 0.6 is 0 Å². The molecule has 0 bridgehead atoms. The number of hydrogen-bond acceptors (Lipinski definition) is 5. The molecule has 0 atom stereocenters. The molecule has 1 N–H and O–H groups in total. The molecule has 0 unspecified atom stereocenters. The number of nitrogens with one attached hydrogen (secondary N) is 1. The summed E-state index contributed by atoms with van der Waals surface area (Å²) in [6.45, 7) is 4.10. The lowest BCUT2D eigenvalue weighted by molar-refractivity contribution is 0.289. The summed E-state index contributed by atoms with van der Waals surface area (Å²) >= 11 is 0. The number of anilines is 2. The molecule has 0 aliphatic heterocycles. The molecule has 4 aromatic rings. The van der Waals surface area contributed by atoms with E-state index in [0.717, 1.165) is 5.75 Å². The molecule has 2 aromatic heterocycles. The zero-order chi connectivity index (χ0) is 20.4. The lowest BCUT2D eigenvalue weighted by atomic mass is 10.2. The number of benzene rings is 2. The zero-order valence-corrected chi connectivity index (χ0v) is 16.1. The summed E-state index contributed by atoms with van der Waals surface area (Å²) in [5.74, 6) is 1.18. The normalized spacial score (nSPS) is 11.0. The quantitative estimate of drug-likeness (QED) is 0.543. The van der Waals surface area contributed by atoms with Crippen LogP contribution in [0.25, 0.3) is 5.78 Å². The molecule has 0 fully saturated rings. The van der Waals surface area contributed by atoms with Crippen molar-refractivity contribution in [1.82, 2.24) is 19.2 Å². The second-order valence-corrected chi connectivity index (χ2v) is 6.67. The van der Waals surface area contributed by atoms with Gasteiger partial charge in [0, 0.05) is 17.4 Å². The van der Waals surface area contributed by atoms with E-state index in [0.29, 0.717) is 35.9 Å².